The molecule has 0 spiro atoms. The number of nitrogens with one attached hydrogen (secondary N) is 1. The maximum Gasteiger partial charge on any atom is 0.417 e. The summed E-state index contributed by atoms with van der Waals surface area (Å²) in [6, 6.07) is 4.81. The summed E-state index contributed by atoms with van der Waals surface area (Å²) in [4.78, 5) is 25.8. The number of benzene rings is 1. The van der Waals surface area contributed by atoms with Gasteiger partial charge in [-0.1, -0.05) is 31.5 Å². The van der Waals surface area contributed by atoms with Crippen molar-refractivity contribution in [2.45, 2.75) is 45.5 Å². The van der Waals surface area contributed by atoms with E-state index in [1.807, 2.05) is 13.8 Å². The Morgan fingerprint density at radius 3 is 2.67 bits per heavy atom. The average molecular weight is 528 g/mol. The van der Waals surface area contributed by atoms with Gasteiger partial charge < -0.3 is 15.2 Å². The van der Waals surface area contributed by atoms with E-state index in [9.17, 15) is 22.8 Å². The molecule has 9 nitrogen and oxygen atoms in total. The van der Waals surface area contributed by atoms with E-state index in [1.165, 1.54) is 6.07 Å². The van der Waals surface area contributed by atoms with Crippen LogP contribution in [0.25, 0.3) is 0 Å². The number of carbonyl (C=O) groups is 1. The van der Waals surface area contributed by atoms with Gasteiger partial charge in [-0.15, -0.1) is 0 Å². The van der Waals surface area contributed by atoms with Crippen molar-refractivity contribution < 1.29 is 27.8 Å². The minimum atomic E-state index is -4.68. The molecular weight excluding hydrogens is 503 g/mol. The molecule has 2 aromatic heterocycles. The second-order valence-corrected chi connectivity index (χ2v) is 8.75. The minimum absolute atomic E-state index is 0.00623. The molecule has 0 saturated carbocycles. The number of alkyl halides is 3. The molecule has 1 amide bonds. The molecule has 0 bridgehead atoms. The zero-order chi connectivity index (χ0) is 26.5. The van der Waals surface area contributed by atoms with Crippen LogP contribution in [0, 0.1) is 5.92 Å². The molecule has 1 aromatic carbocycles. The molecule has 0 saturated heterocycles. The van der Waals surface area contributed by atoms with Gasteiger partial charge in [-0.25, -0.2) is 4.68 Å². The van der Waals surface area contributed by atoms with E-state index < -0.39 is 34.3 Å². The lowest BCUT2D eigenvalue weighted by Crippen LogP contribution is -2.35. The monoisotopic (exact) mass is 527 g/mol. The molecule has 1 atom stereocenters. The third kappa shape index (κ3) is 6.85. The van der Waals surface area contributed by atoms with Crippen molar-refractivity contribution in [2.24, 2.45) is 5.92 Å². The Morgan fingerprint density at radius 2 is 2.03 bits per heavy atom. The molecular formula is C23H25ClF3N5O4. The summed E-state index contributed by atoms with van der Waals surface area (Å²) in [7, 11) is 0. The quantitative estimate of drug-likeness (QED) is 0.401. The fourth-order valence-electron chi connectivity index (χ4n) is 3.39. The van der Waals surface area contributed by atoms with Crippen LogP contribution in [0.3, 0.4) is 0 Å². The Kier molecular flexibility index (Phi) is 8.75. The third-order valence-corrected chi connectivity index (χ3v) is 5.42. The van der Waals surface area contributed by atoms with E-state index in [0.29, 0.717) is 13.0 Å². The van der Waals surface area contributed by atoms with E-state index in [2.05, 4.69) is 15.5 Å². The molecule has 0 aliphatic carbocycles. The number of anilines is 1. The number of halogens is 4. The highest BCUT2D eigenvalue weighted by molar-refractivity contribution is 6.32. The Morgan fingerprint density at radius 1 is 1.28 bits per heavy atom. The van der Waals surface area contributed by atoms with Gasteiger partial charge in [0.05, 0.1) is 16.8 Å². The topological polar surface area (TPSA) is 111 Å². The molecule has 0 fully saturated rings. The van der Waals surface area contributed by atoms with Gasteiger partial charge in [0, 0.05) is 31.5 Å². The molecule has 3 aromatic rings. The lowest BCUT2D eigenvalue weighted by molar-refractivity contribution is -0.137. The van der Waals surface area contributed by atoms with Crippen molar-refractivity contribution in [2.75, 3.05) is 11.9 Å². The number of aryl methyl sites for hydroxylation is 1. The predicted molar refractivity (Wildman–Crippen MR) is 126 cm³/mol. The number of hydrogen-bond donors (Lipinski definition) is 2. The average Bonchev–Trinajstić information content (AvgIpc) is 3.24. The maximum atomic E-state index is 13.1. The van der Waals surface area contributed by atoms with Gasteiger partial charge in [0.25, 0.3) is 11.5 Å². The molecule has 0 radical (unpaired) electrons. The first-order valence-electron chi connectivity index (χ1n) is 11.1. The van der Waals surface area contributed by atoms with Crippen LogP contribution in [-0.4, -0.2) is 37.2 Å². The second kappa shape index (κ2) is 11.6. The van der Waals surface area contributed by atoms with Crippen LogP contribution in [0.2, 0.25) is 5.02 Å². The smallest absolute Gasteiger partial charge is 0.417 e. The van der Waals surface area contributed by atoms with Crippen LogP contribution in [-0.2, 0) is 17.5 Å². The zero-order valence-electron chi connectivity index (χ0n) is 19.5. The minimum Gasteiger partial charge on any atom is -0.454 e. The lowest BCUT2D eigenvalue weighted by Gasteiger charge is -2.20. The van der Waals surface area contributed by atoms with E-state index >= 15 is 0 Å². The van der Waals surface area contributed by atoms with Crippen LogP contribution in [0.1, 0.15) is 38.3 Å². The number of aromatic nitrogens is 4. The third-order valence-electron chi connectivity index (χ3n) is 5.03. The van der Waals surface area contributed by atoms with Crippen molar-refractivity contribution in [3.8, 4) is 11.5 Å². The van der Waals surface area contributed by atoms with Crippen LogP contribution >= 0.6 is 11.6 Å². The summed E-state index contributed by atoms with van der Waals surface area (Å²) < 4.78 is 47.3. The Labute approximate surface area is 209 Å². The van der Waals surface area contributed by atoms with Crippen LogP contribution < -0.4 is 15.6 Å². The highest BCUT2D eigenvalue weighted by Gasteiger charge is 2.34. The lowest BCUT2D eigenvalue weighted by atomic mass is 10.0. The molecule has 194 valence electrons. The summed E-state index contributed by atoms with van der Waals surface area (Å²) in [5.74, 6) is -0.641. The molecule has 2 heterocycles. The molecule has 0 aliphatic heterocycles. The Balaban J connectivity index is 1.82. The molecule has 1 unspecified atom stereocenters. The van der Waals surface area contributed by atoms with Gasteiger partial charge in [0.1, 0.15) is 11.8 Å². The van der Waals surface area contributed by atoms with Crippen LogP contribution in [0.15, 0.2) is 47.5 Å². The largest absolute Gasteiger partial charge is 0.454 e. The van der Waals surface area contributed by atoms with E-state index in [0.717, 1.165) is 29.1 Å². The molecule has 13 heteroatoms. The first-order valence-corrected chi connectivity index (χ1v) is 11.4. The van der Waals surface area contributed by atoms with Crippen molar-refractivity contribution in [1.82, 2.24) is 19.6 Å². The fourth-order valence-corrected chi connectivity index (χ4v) is 3.66. The van der Waals surface area contributed by atoms with E-state index in [-0.39, 0.29) is 36.3 Å². The van der Waals surface area contributed by atoms with Gasteiger partial charge in [0.15, 0.2) is 11.6 Å². The van der Waals surface area contributed by atoms with Crippen molar-refractivity contribution in [1.29, 1.82) is 0 Å². The van der Waals surface area contributed by atoms with Crippen molar-refractivity contribution >= 4 is 23.3 Å². The molecule has 3 rings (SSSR count). The summed E-state index contributed by atoms with van der Waals surface area (Å²) in [5, 5.41) is 19.2. The number of aliphatic hydroxyl groups excluding tert-OH is 1. The number of ether oxygens (including phenoxy) is 1. The zero-order valence-corrected chi connectivity index (χ0v) is 20.3. The van der Waals surface area contributed by atoms with E-state index in [1.54, 1.807) is 16.9 Å². The first-order chi connectivity index (χ1) is 17.0. The Bertz CT molecular complexity index is 1260. The number of carbonyl (C=O) groups excluding carboxylic acids is 1. The van der Waals surface area contributed by atoms with Gasteiger partial charge in [-0.05, 0) is 30.9 Å². The number of hydrogen-bond acceptors (Lipinski definition) is 6. The maximum absolute atomic E-state index is 13.1. The van der Waals surface area contributed by atoms with Crippen molar-refractivity contribution in [3.05, 3.63) is 63.7 Å². The molecule has 0 aliphatic rings. The summed E-state index contributed by atoms with van der Waals surface area (Å²) in [5.41, 5.74) is -1.76. The SMILES string of the molecule is CC(C)CC(C(=O)Nc1ccn(CCCO)n1)n1ncc(Oc2cccc(C(F)(F)F)c2Cl)cc1=O. The normalized spacial score (nSPS) is 12.6. The molecule has 36 heavy (non-hydrogen) atoms. The van der Waals surface area contributed by atoms with Gasteiger partial charge in [-0.2, -0.15) is 23.4 Å². The molecule has 2 N–H and O–H groups in total. The fraction of sp³-hybridized carbons (Fsp3) is 0.391. The van der Waals surface area contributed by atoms with Gasteiger partial charge in [-0.3, -0.25) is 14.3 Å². The van der Waals surface area contributed by atoms with E-state index in [4.69, 9.17) is 21.4 Å². The first kappa shape index (κ1) is 27.2. The van der Waals surface area contributed by atoms with Crippen molar-refractivity contribution in [3.63, 3.8) is 0 Å². The highest BCUT2D eigenvalue weighted by atomic mass is 35.5. The Hall–Kier alpha value is -3.38. The summed E-state index contributed by atoms with van der Waals surface area (Å²) in [6.45, 7) is 4.23. The summed E-state index contributed by atoms with van der Waals surface area (Å²) >= 11 is 5.85. The second-order valence-electron chi connectivity index (χ2n) is 8.37. The number of amides is 1. The predicted octanol–water partition coefficient (Wildman–Crippen LogP) is 4.51. The highest BCUT2D eigenvalue weighted by Crippen LogP contribution is 2.40. The van der Waals surface area contributed by atoms with Gasteiger partial charge >= 0.3 is 6.18 Å². The summed E-state index contributed by atoms with van der Waals surface area (Å²) in [6.07, 6.45) is -1.11. The number of aliphatic hydroxyl groups is 1. The number of rotatable bonds is 10. The standard InChI is InChI=1S/C23H25ClF3N5O4/c1-14(2)11-17(22(35)29-19-7-9-31(30-19)8-4-10-33)32-20(34)12-15(13-28-32)36-18-6-3-5-16(21(18)24)23(25,26)27/h3,5-7,9,12-14,17,33H,4,8,10-11H2,1-2H3,(H,29,30,35). The van der Waals surface area contributed by atoms with Crippen LogP contribution in [0.5, 0.6) is 11.5 Å². The van der Waals surface area contributed by atoms with Crippen LogP contribution in [0.4, 0.5) is 19.0 Å². The number of nitrogens with zero attached hydrogens (tertiary/aromatic N) is 4. The van der Waals surface area contributed by atoms with Gasteiger partial charge in [0.2, 0.25) is 0 Å².